The molecule has 0 aliphatic heterocycles. The second-order valence-corrected chi connectivity index (χ2v) is 16.3. The molecule has 2 aromatic rings. The lowest BCUT2D eigenvalue weighted by molar-refractivity contribution is 0.754. The van der Waals surface area contributed by atoms with Crippen molar-refractivity contribution in [3.05, 3.63) is 108 Å². The molecule has 0 saturated carbocycles. The molecule has 4 atom stereocenters. The summed E-state index contributed by atoms with van der Waals surface area (Å²) in [5.74, 6) is 0. The molecule has 0 amide bonds. The maximum atomic E-state index is 7.03. The molecule has 0 spiro atoms. The quantitative estimate of drug-likeness (QED) is 0.217. The van der Waals surface area contributed by atoms with Gasteiger partial charge in [0.1, 0.15) is 9.49 Å². The Bertz CT molecular complexity index is 1420. The zero-order chi connectivity index (χ0) is 29.9. The minimum absolute atomic E-state index is 0.0171. The molecule has 40 heavy (non-hydrogen) atoms. The van der Waals surface area contributed by atoms with Gasteiger partial charge in [0.05, 0.1) is 71.1 Å². The van der Waals surface area contributed by atoms with Gasteiger partial charge in [-0.05, 0) is 23.3 Å². The van der Waals surface area contributed by atoms with Crippen LogP contribution in [-0.4, -0.2) is 10.8 Å². The van der Waals surface area contributed by atoms with E-state index < -0.39 is 20.2 Å². The lowest BCUT2D eigenvalue weighted by Crippen LogP contribution is -2.40. The van der Waals surface area contributed by atoms with Gasteiger partial charge in [0.2, 0.25) is 0 Å². The normalized spacial score (nSPS) is 27.8. The first-order valence-electron chi connectivity index (χ1n) is 10.4. The average molecular weight is 857 g/mol. The van der Waals surface area contributed by atoms with Gasteiger partial charge in [0, 0.05) is 0 Å². The van der Waals surface area contributed by atoms with Gasteiger partial charge in [-0.3, -0.25) is 0 Å². The summed E-state index contributed by atoms with van der Waals surface area (Å²) in [6.45, 7) is 0. The van der Waals surface area contributed by atoms with Crippen LogP contribution in [0.1, 0.15) is 11.1 Å². The summed E-state index contributed by atoms with van der Waals surface area (Å²) in [5.41, 5.74) is 0.759. The molecular weight excluding hydrogens is 849 g/mol. The summed E-state index contributed by atoms with van der Waals surface area (Å²) in [6.07, 6.45) is 0. The van der Waals surface area contributed by atoms with Crippen LogP contribution < -0.4 is 0 Å². The van der Waals surface area contributed by atoms with Gasteiger partial charge in [0.25, 0.3) is 0 Å². The number of hydrogen-bond donors (Lipinski definition) is 0. The molecule has 0 bridgehead atoms. The van der Waals surface area contributed by atoms with Crippen LogP contribution in [0.4, 0.5) is 0 Å². The van der Waals surface area contributed by atoms with Crippen molar-refractivity contribution in [3.8, 4) is 0 Å². The van der Waals surface area contributed by atoms with Gasteiger partial charge in [0.15, 0.2) is 0 Å². The Balaban J connectivity index is 2.04. The highest BCUT2D eigenvalue weighted by Crippen LogP contribution is 2.70. The first-order valence-corrected chi connectivity index (χ1v) is 18.0. The van der Waals surface area contributed by atoms with Crippen LogP contribution in [-0.2, 0) is 9.49 Å². The molecule has 0 radical (unpaired) electrons. The fourth-order valence-corrected chi connectivity index (χ4v) is 13.4. The van der Waals surface area contributed by atoms with E-state index in [4.69, 9.17) is 162 Å². The van der Waals surface area contributed by atoms with E-state index >= 15 is 0 Å². The van der Waals surface area contributed by atoms with E-state index in [0.717, 1.165) is 21.6 Å². The Morgan fingerprint density at radius 3 is 1.12 bits per heavy atom. The molecule has 2 aromatic carbocycles. The van der Waals surface area contributed by atoms with Crippen LogP contribution >= 0.6 is 184 Å². The second kappa shape index (κ2) is 13.5. The predicted molar refractivity (Wildman–Crippen MR) is 186 cm³/mol. The van der Waals surface area contributed by atoms with Crippen molar-refractivity contribution in [2.75, 3.05) is 0 Å². The van der Waals surface area contributed by atoms with Gasteiger partial charge >= 0.3 is 0 Å². The van der Waals surface area contributed by atoms with Crippen LogP contribution in [0.25, 0.3) is 0 Å². The number of allylic oxidation sites excluding steroid dienone is 6. The number of halogens is 14. The fraction of sp³-hybridized carbons (Fsp3) is 0.167. The smallest absolute Gasteiger partial charge is 0.111 e. The van der Waals surface area contributed by atoms with E-state index in [1.54, 1.807) is 36.4 Å². The highest BCUT2D eigenvalue weighted by Gasteiger charge is 2.57. The van der Waals surface area contributed by atoms with Crippen molar-refractivity contribution in [3.63, 3.8) is 0 Å². The molecule has 0 N–H and O–H groups in total. The molecule has 0 saturated heterocycles. The van der Waals surface area contributed by atoms with Crippen molar-refractivity contribution in [2.24, 2.45) is 0 Å². The Hall–Kier alpha value is 2.16. The summed E-state index contributed by atoms with van der Waals surface area (Å²) in [5, 5.41) is -1.53. The monoisotopic (exact) mass is 850 g/mol. The van der Waals surface area contributed by atoms with Crippen LogP contribution in [0, 0.1) is 0 Å². The Labute approximate surface area is 308 Å². The van der Waals surface area contributed by atoms with E-state index in [2.05, 4.69) is 0 Å². The van der Waals surface area contributed by atoms with Crippen LogP contribution in [0.2, 0.25) is 20.1 Å². The largest absolute Gasteiger partial charge is 0.114 e. The molecule has 16 heteroatoms. The molecule has 4 unspecified atom stereocenters. The lowest BCUT2D eigenvalue weighted by atomic mass is 9.90. The molecule has 0 heterocycles. The topological polar surface area (TPSA) is 0 Å². The molecular formula is C24H8Cl14S2. The number of benzene rings is 2. The molecule has 4 rings (SSSR count). The average Bonchev–Trinajstić information content (AvgIpc) is 2.94. The predicted octanol–water partition coefficient (Wildman–Crippen LogP) is 14.8. The van der Waals surface area contributed by atoms with Crippen molar-refractivity contribution >= 4 is 184 Å². The van der Waals surface area contributed by atoms with Gasteiger partial charge in [-0.15, -0.1) is 23.2 Å². The molecule has 214 valence electrons. The van der Waals surface area contributed by atoms with Crippen molar-refractivity contribution < 1.29 is 0 Å². The fourth-order valence-electron chi connectivity index (χ4n) is 4.00. The molecule has 0 nitrogen and oxygen atoms in total. The molecule has 2 aliphatic rings. The number of rotatable bonds is 5. The van der Waals surface area contributed by atoms with Crippen molar-refractivity contribution in [1.82, 2.24) is 0 Å². The van der Waals surface area contributed by atoms with Gasteiger partial charge in [-0.1, -0.05) is 185 Å². The first kappa shape index (κ1) is 35.0. The van der Waals surface area contributed by atoms with Crippen LogP contribution in [0.15, 0.2) is 76.7 Å². The van der Waals surface area contributed by atoms with E-state index in [1.807, 2.05) is 0 Å². The maximum Gasteiger partial charge on any atom is 0.111 e. The van der Waals surface area contributed by atoms with Gasteiger partial charge in [-0.2, -0.15) is 0 Å². The van der Waals surface area contributed by atoms with E-state index in [-0.39, 0.29) is 60.3 Å². The van der Waals surface area contributed by atoms with Gasteiger partial charge in [-0.25, -0.2) is 0 Å². The Kier molecular flexibility index (Phi) is 11.8. The minimum Gasteiger partial charge on any atom is -0.114 e. The van der Waals surface area contributed by atoms with Crippen LogP contribution in [0.3, 0.4) is 0 Å². The third-order valence-corrected chi connectivity index (χ3v) is 17.1. The highest BCUT2D eigenvalue weighted by molar-refractivity contribution is 8.77. The minimum atomic E-state index is -1.50. The zero-order valence-electron chi connectivity index (χ0n) is 18.7. The lowest BCUT2D eigenvalue weighted by Gasteiger charge is -2.45. The summed E-state index contributed by atoms with van der Waals surface area (Å²) in [7, 11) is 2.15. The maximum absolute atomic E-state index is 7.03. The third kappa shape index (κ3) is 5.57. The standard InChI is InChI=1S/C24H8Cl14S2/c25-9-5-1-3-7(11(9)27)23(19(35)15(31)13(29)16(32)20(23)36)39-40-24(8-4-2-6-10(26)12(8)28)21(37)17(33)14(30)18(34)22(24)38/h1-6,19,21H. The summed E-state index contributed by atoms with van der Waals surface area (Å²) < 4.78 is -3.00. The Morgan fingerprint density at radius 2 is 0.800 bits per heavy atom. The summed E-state index contributed by atoms with van der Waals surface area (Å²) >= 11 is 93.4. The van der Waals surface area contributed by atoms with E-state index in [0.29, 0.717) is 11.1 Å². The van der Waals surface area contributed by atoms with Gasteiger partial charge < -0.3 is 0 Å². The summed E-state index contributed by atoms with van der Waals surface area (Å²) in [6, 6.07) is 9.90. The molecule has 0 aromatic heterocycles. The summed E-state index contributed by atoms with van der Waals surface area (Å²) in [4.78, 5) is 0. The Morgan fingerprint density at radius 1 is 0.475 bits per heavy atom. The third-order valence-electron chi connectivity index (χ3n) is 6.01. The number of hydrogen-bond acceptors (Lipinski definition) is 2. The van der Waals surface area contributed by atoms with E-state index in [1.165, 1.54) is 0 Å². The molecule has 2 aliphatic carbocycles. The van der Waals surface area contributed by atoms with Crippen molar-refractivity contribution in [1.29, 1.82) is 0 Å². The first-order chi connectivity index (χ1) is 18.7. The van der Waals surface area contributed by atoms with E-state index in [9.17, 15) is 0 Å². The zero-order valence-corrected chi connectivity index (χ0v) is 30.9. The van der Waals surface area contributed by atoms with Crippen molar-refractivity contribution in [2.45, 2.75) is 20.2 Å². The van der Waals surface area contributed by atoms with Crippen LogP contribution in [0.5, 0.6) is 0 Å². The molecule has 0 fully saturated rings. The second-order valence-electron chi connectivity index (χ2n) is 8.15. The SMILES string of the molecule is ClC1=C(Cl)C(Cl)C(SSC2(c3cccc(Cl)c3Cl)C(Cl)=C(Cl)C(Cl)=C(Cl)C2Cl)(c2cccc(Cl)c2Cl)C(Cl)=C1Cl. The number of alkyl halides is 2. The highest BCUT2D eigenvalue weighted by atomic mass is 35.5.